The Morgan fingerprint density at radius 2 is 1.87 bits per heavy atom. The Morgan fingerprint density at radius 3 is 2.51 bits per heavy atom. The Morgan fingerprint density at radius 1 is 1.18 bits per heavy atom. The maximum absolute atomic E-state index is 13.8. The first-order valence-corrected chi connectivity index (χ1v) is 12.6. The van der Waals surface area contributed by atoms with Crippen molar-refractivity contribution in [3.05, 3.63) is 28.3 Å². The lowest BCUT2D eigenvalue weighted by molar-refractivity contribution is -0.175. The Bertz CT molecular complexity index is 1370. The number of morpholine rings is 1. The summed E-state index contributed by atoms with van der Waals surface area (Å²) in [6.45, 7) is 1.63. The number of urea groups is 1. The van der Waals surface area contributed by atoms with Crippen LogP contribution in [0.15, 0.2) is 6.07 Å². The third-order valence-corrected chi connectivity index (χ3v) is 8.38. The second-order valence-electron chi connectivity index (χ2n) is 10.4. The van der Waals surface area contributed by atoms with Crippen LogP contribution in [-0.4, -0.2) is 82.1 Å². The number of fused-ring (bicyclic) bond motifs is 3. The molecule has 12 nitrogen and oxygen atoms in total. The highest BCUT2D eigenvalue weighted by molar-refractivity contribution is 6.31. The van der Waals surface area contributed by atoms with E-state index in [2.05, 4.69) is 11.2 Å². The van der Waals surface area contributed by atoms with Gasteiger partial charge in [-0.15, -0.1) is 6.42 Å². The van der Waals surface area contributed by atoms with Gasteiger partial charge in [0, 0.05) is 32.0 Å². The zero-order valence-corrected chi connectivity index (χ0v) is 20.9. The number of rotatable bonds is 3. The standard InChI is InChI=1S/C27H27N3O9/c1-2-12-7-14(11-29-26(37)30-3-5-39-6-4-30)16-9-13-8-15-10-17(31)20(25(28)36)24(35)27(15,38)23(34)18(13)22(33)19(16)21(12)32/h1,7,13,15,18,20,32,38H,3-6,8-11H2,(H2,28,36)(H,29,37)/t13-,15+,18?,20?,27+/m1/s1. The smallest absolute Gasteiger partial charge is 0.317 e. The predicted octanol–water partition coefficient (Wildman–Crippen LogP) is -1.15. The molecule has 1 aromatic carbocycles. The van der Waals surface area contributed by atoms with E-state index >= 15 is 0 Å². The van der Waals surface area contributed by atoms with Crippen LogP contribution in [0.3, 0.4) is 0 Å². The molecule has 2 saturated carbocycles. The third-order valence-electron chi connectivity index (χ3n) is 8.38. The van der Waals surface area contributed by atoms with Crippen LogP contribution in [0.25, 0.3) is 0 Å². The van der Waals surface area contributed by atoms with E-state index in [-0.39, 0.29) is 36.5 Å². The quantitative estimate of drug-likeness (QED) is 0.272. The maximum Gasteiger partial charge on any atom is 0.317 e. The Balaban J connectivity index is 1.51. The second-order valence-corrected chi connectivity index (χ2v) is 10.4. The number of ketones is 4. The van der Waals surface area contributed by atoms with Gasteiger partial charge in [-0.05, 0) is 36.0 Å². The van der Waals surface area contributed by atoms with E-state index in [4.69, 9.17) is 16.9 Å². The molecular weight excluding hydrogens is 510 g/mol. The Hall–Kier alpha value is -4.08. The molecule has 5 N–H and O–H groups in total. The zero-order chi connectivity index (χ0) is 28.2. The van der Waals surface area contributed by atoms with Crippen molar-refractivity contribution >= 4 is 35.1 Å². The average Bonchev–Trinajstić information content (AvgIpc) is 2.90. The highest BCUT2D eigenvalue weighted by Gasteiger charge is 2.66. The summed E-state index contributed by atoms with van der Waals surface area (Å²) in [5.41, 5.74) is 3.11. The summed E-state index contributed by atoms with van der Waals surface area (Å²) in [5.74, 6) is -8.81. The van der Waals surface area contributed by atoms with Gasteiger partial charge >= 0.3 is 6.03 Å². The molecule has 0 spiro atoms. The summed E-state index contributed by atoms with van der Waals surface area (Å²) in [7, 11) is 0. The minimum absolute atomic E-state index is 0.0171. The van der Waals surface area contributed by atoms with Gasteiger partial charge in [0.1, 0.15) is 5.75 Å². The van der Waals surface area contributed by atoms with Crippen LogP contribution in [0.1, 0.15) is 39.9 Å². The Kier molecular flexibility index (Phi) is 6.52. The summed E-state index contributed by atoms with van der Waals surface area (Å²) >= 11 is 0. The molecule has 5 atom stereocenters. The van der Waals surface area contributed by atoms with Crippen LogP contribution in [-0.2, 0) is 36.9 Å². The molecule has 2 unspecified atom stereocenters. The van der Waals surface area contributed by atoms with Crippen molar-refractivity contribution < 1.29 is 43.7 Å². The fourth-order valence-corrected chi connectivity index (χ4v) is 6.43. The molecule has 3 fully saturated rings. The lowest BCUT2D eigenvalue weighted by atomic mass is 9.53. The zero-order valence-electron chi connectivity index (χ0n) is 20.9. The van der Waals surface area contributed by atoms with Gasteiger partial charge in [-0.1, -0.05) is 5.92 Å². The number of nitrogens with one attached hydrogen (secondary N) is 1. The van der Waals surface area contributed by atoms with Crippen molar-refractivity contribution in [3.63, 3.8) is 0 Å². The maximum atomic E-state index is 13.8. The third kappa shape index (κ3) is 4.00. The van der Waals surface area contributed by atoms with Gasteiger partial charge in [-0.25, -0.2) is 4.79 Å². The molecule has 1 saturated heterocycles. The number of terminal acetylenes is 1. The summed E-state index contributed by atoms with van der Waals surface area (Å²) < 4.78 is 5.26. The van der Waals surface area contributed by atoms with Crippen LogP contribution in [0.4, 0.5) is 4.79 Å². The van der Waals surface area contributed by atoms with E-state index in [0.717, 1.165) is 0 Å². The number of benzene rings is 1. The van der Waals surface area contributed by atoms with Crippen LogP contribution in [0.2, 0.25) is 0 Å². The molecule has 12 heteroatoms. The number of amides is 3. The van der Waals surface area contributed by atoms with Gasteiger partial charge < -0.3 is 30.9 Å². The minimum atomic E-state index is -2.73. The molecule has 1 heterocycles. The fraction of sp³-hybridized carbons (Fsp3) is 0.481. The number of nitrogens with zero attached hydrogens (tertiary/aromatic N) is 1. The highest BCUT2D eigenvalue weighted by Crippen LogP contribution is 2.50. The lowest BCUT2D eigenvalue weighted by Crippen LogP contribution is -2.68. The number of carbonyl (C=O) groups is 6. The fourth-order valence-electron chi connectivity index (χ4n) is 6.43. The highest BCUT2D eigenvalue weighted by atomic mass is 16.5. The second kappa shape index (κ2) is 9.59. The number of Topliss-reactive ketones (excluding diaryl/α,β-unsaturated/α-hetero) is 4. The van der Waals surface area contributed by atoms with E-state index in [1.165, 1.54) is 6.07 Å². The number of phenols is 1. The van der Waals surface area contributed by atoms with Gasteiger partial charge in [-0.3, -0.25) is 24.0 Å². The first-order valence-electron chi connectivity index (χ1n) is 12.6. The topological polar surface area (TPSA) is 193 Å². The molecule has 0 bridgehead atoms. The number of primary amides is 1. The van der Waals surface area contributed by atoms with E-state index < -0.39 is 70.5 Å². The van der Waals surface area contributed by atoms with Gasteiger partial charge in [0.2, 0.25) is 5.91 Å². The number of ether oxygens (including phenoxy) is 1. The van der Waals surface area contributed by atoms with Crippen LogP contribution in [0.5, 0.6) is 5.75 Å². The number of aromatic hydroxyl groups is 1. The largest absolute Gasteiger partial charge is 0.506 e. The van der Waals surface area contributed by atoms with Crippen molar-refractivity contribution in [1.82, 2.24) is 10.2 Å². The molecule has 3 aliphatic carbocycles. The summed E-state index contributed by atoms with van der Waals surface area (Å²) in [5, 5.41) is 25.0. The predicted molar refractivity (Wildman–Crippen MR) is 131 cm³/mol. The van der Waals surface area contributed by atoms with Crippen molar-refractivity contribution in [2.24, 2.45) is 29.4 Å². The van der Waals surface area contributed by atoms with Crippen LogP contribution in [0, 0.1) is 36.0 Å². The lowest BCUT2D eigenvalue weighted by Gasteiger charge is -2.48. The molecule has 39 heavy (non-hydrogen) atoms. The molecule has 0 aromatic heterocycles. The number of nitrogens with two attached hydrogens (primary N) is 1. The average molecular weight is 538 g/mol. The van der Waals surface area contributed by atoms with Crippen molar-refractivity contribution in [1.29, 1.82) is 0 Å². The van der Waals surface area contributed by atoms with Gasteiger partial charge in [-0.2, -0.15) is 0 Å². The molecule has 0 radical (unpaired) electrons. The summed E-state index contributed by atoms with van der Waals surface area (Å²) in [4.78, 5) is 78.9. The molecule has 1 aliphatic heterocycles. The first kappa shape index (κ1) is 26.5. The minimum Gasteiger partial charge on any atom is -0.506 e. The van der Waals surface area contributed by atoms with Crippen LogP contribution < -0.4 is 11.1 Å². The van der Waals surface area contributed by atoms with E-state index in [1.807, 2.05) is 0 Å². The molecule has 3 amide bonds. The number of aliphatic hydroxyl groups is 1. The van der Waals surface area contributed by atoms with Gasteiger partial charge in [0.25, 0.3) is 0 Å². The SMILES string of the molecule is C#Cc1cc(CNC(=O)N2CCOCC2)c2c(c1O)C(=O)C1C(=O)[C@]3(O)C(=O)C(C(N)=O)C(=O)C[C@@H]3C[C@@H]1C2. The van der Waals surface area contributed by atoms with Crippen molar-refractivity contribution in [2.45, 2.75) is 31.4 Å². The van der Waals surface area contributed by atoms with Crippen molar-refractivity contribution in [3.8, 4) is 18.1 Å². The molecule has 204 valence electrons. The molecule has 1 aromatic rings. The van der Waals surface area contributed by atoms with Crippen LogP contribution >= 0.6 is 0 Å². The number of hydrogen-bond acceptors (Lipinski definition) is 9. The first-order chi connectivity index (χ1) is 18.5. The van der Waals surface area contributed by atoms with E-state index in [9.17, 15) is 39.0 Å². The van der Waals surface area contributed by atoms with E-state index in [0.29, 0.717) is 37.4 Å². The summed E-state index contributed by atoms with van der Waals surface area (Å²) in [6, 6.07) is 1.15. The molecule has 4 aliphatic rings. The van der Waals surface area contributed by atoms with Gasteiger partial charge in [0.05, 0.1) is 30.3 Å². The number of phenolic OH excluding ortho intramolecular Hbond substituents is 1. The summed E-state index contributed by atoms with van der Waals surface area (Å²) in [6.07, 6.45) is 5.19. The number of hydrogen-bond donors (Lipinski definition) is 4. The Labute approximate surface area is 222 Å². The number of carbonyl (C=O) groups excluding carboxylic acids is 6. The molecule has 5 rings (SSSR count). The van der Waals surface area contributed by atoms with E-state index in [1.54, 1.807) is 4.90 Å². The monoisotopic (exact) mass is 537 g/mol. The molecular formula is C27H27N3O9. The van der Waals surface area contributed by atoms with Crippen molar-refractivity contribution in [2.75, 3.05) is 26.3 Å². The normalized spacial score (nSPS) is 30.1. The van der Waals surface area contributed by atoms with Gasteiger partial charge in [0.15, 0.2) is 34.7 Å².